The molecule has 5 nitrogen and oxygen atoms in total. The van der Waals surface area contributed by atoms with Gasteiger partial charge in [-0.3, -0.25) is 0 Å². The van der Waals surface area contributed by atoms with Gasteiger partial charge in [0, 0.05) is 0 Å². The van der Waals surface area contributed by atoms with Crippen molar-refractivity contribution in [2.75, 3.05) is 0 Å². The Hall–Kier alpha value is 0.106. The fourth-order valence-electron chi connectivity index (χ4n) is 0.785. The molecule has 0 aliphatic rings. The molecule has 80 valence electrons. The van der Waals surface area contributed by atoms with E-state index in [-0.39, 0.29) is 82.9 Å². The standard InChI is InChI=1S/C8H6O4.K.H2O.H2S.H/c9-7(10)5-2-1-3-6(4-5)8(11)12;;;;/h1-4H,(H,9,10)(H,11,12);;2*1H2;/q;+1;;;-1. The van der Waals surface area contributed by atoms with E-state index in [0.717, 1.165) is 6.07 Å². The van der Waals surface area contributed by atoms with Crippen LogP contribution in [-0.2, 0) is 0 Å². The van der Waals surface area contributed by atoms with Gasteiger partial charge >= 0.3 is 63.3 Å². The van der Waals surface area contributed by atoms with Gasteiger partial charge in [0.1, 0.15) is 0 Å². The van der Waals surface area contributed by atoms with Crippen molar-refractivity contribution in [3.63, 3.8) is 0 Å². The molecule has 0 heterocycles. The van der Waals surface area contributed by atoms with Crippen LogP contribution >= 0.6 is 13.5 Å². The normalized spacial score (nSPS) is 7.47. The minimum Gasteiger partial charge on any atom is -1.00 e. The largest absolute Gasteiger partial charge is 1.00 e. The third kappa shape index (κ3) is 6.31. The van der Waals surface area contributed by atoms with Gasteiger partial charge in [-0.05, 0) is 18.2 Å². The maximum absolute atomic E-state index is 10.4. The van der Waals surface area contributed by atoms with Gasteiger partial charge in [-0.25, -0.2) is 9.59 Å². The number of carboxylic acid groups (broad SMARTS) is 2. The zero-order chi connectivity index (χ0) is 9.14. The van der Waals surface area contributed by atoms with Crippen molar-refractivity contribution in [1.29, 1.82) is 0 Å². The summed E-state index contributed by atoms with van der Waals surface area (Å²) in [5, 5.41) is 17.0. The van der Waals surface area contributed by atoms with Gasteiger partial charge in [0.25, 0.3) is 0 Å². The third-order valence-electron chi connectivity index (χ3n) is 1.36. The van der Waals surface area contributed by atoms with Gasteiger partial charge in [0.2, 0.25) is 0 Å². The smallest absolute Gasteiger partial charge is 1.00 e. The summed E-state index contributed by atoms with van der Waals surface area (Å²) >= 11 is 0. The maximum Gasteiger partial charge on any atom is 1.00 e. The second-order valence-corrected chi connectivity index (χ2v) is 2.19. The summed E-state index contributed by atoms with van der Waals surface area (Å²) in [4.78, 5) is 20.8. The van der Waals surface area contributed by atoms with Crippen molar-refractivity contribution in [3.8, 4) is 0 Å². The van der Waals surface area contributed by atoms with E-state index in [9.17, 15) is 9.59 Å². The molecule has 15 heavy (non-hydrogen) atoms. The Labute approximate surface area is 137 Å². The van der Waals surface area contributed by atoms with E-state index >= 15 is 0 Å². The van der Waals surface area contributed by atoms with Crippen LogP contribution in [0.5, 0.6) is 0 Å². The molecule has 0 bridgehead atoms. The quantitative estimate of drug-likeness (QED) is 0.571. The average molecular weight is 258 g/mol. The number of carbonyl (C=O) groups is 2. The zero-order valence-corrected chi connectivity index (χ0v) is 12.1. The number of hydrogen-bond donors (Lipinski definition) is 2. The van der Waals surface area contributed by atoms with Crippen LogP contribution in [0.1, 0.15) is 22.1 Å². The first kappa shape index (κ1) is 20.5. The van der Waals surface area contributed by atoms with E-state index in [1.807, 2.05) is 0 Å². The van der Waals surface area contributed by atoms with Crippen molar-refractivity contribution >= 4 is 25.4 Å². The van der Waals surface area contributed by atoms with Crippen LogP contribution in [0.4, 0.5) is 0 Å². The number of carboxylic acids is 2. The molecular weight excluding hydrogens is 247 g/mol. The van der Waals surface area contributed by atoms with Crippen LogP contribution < -0.4 is 51.4 Å². The number of benzene rings is 1. The second-order valence-electron chi connectivity index (χ2n) is 2.19. The molecular formula is C8H11KO5S. The van der Waals surface area contributed by atoms with Crippen molar-refractivity contribution < 1.29 is 78.1 Å². The molecule has 0 unspecified atom stereocenters. The molecule has 0 fully saturated rings. The Morgan fingerprint density at radius 2 is 1.40 bits per heavy atom. The number of hydrogen-bond acceptors (Lipinski definition) is 2. The maximum atomic E-state index is 10.4. The van der Waals surface area contributed by atoms with Gasteiger partial charge in [0.15, 0.2) is 0 Å². The van der Waals surface area contributed by atoms with Crippen LogP contribution in [0.25, 0.3) is 0 Å². The van der Waals surface area contributed by atoms with E-state index in [4.69, 9.17) is 10.2 Å². The van der Waals surface area contributed by atoms with Gasteiger partial charge in [0.05, 0.1) is 11.1 Å². The zero-order valence-electron chi connectivity index (χ0n) is 9.02. The van der Waals surface area contributed by atoms with Crippen molar-refractivity contribution in [3.05, 3.63) is 35.4 Å². The first-order valence-electron chi connectivity index (χ1n) is 3.18. The minimum atomic E-state index is -1.13. The predicted octanol–water partition coefficient (Wildman–Crippen LogP) is -2.51. The Bertz CT molecular complexity index is 318. The molecule has 0 radical (unpaired) electrons. The summed E-state index contributed by atoms with van der Waals surface area (Å²) in [6.45, 7) is 0. The first-order valence-corrected chi connectivity index (χ1v) is 3.18. The number of rotatable bonds is 2. The molecule has 1 rings (SSSR count). The Kier molecular flexibility index (Phi) is 12.8. The topological polar surface area (TPSA) is 106 Å². The van der Waals surface area contributed by atoms with Crippen molar-refractivity contribution in [2.24, 2.45) is 0 Å². The van der Waals surface area contributed by atoms with Crippen LogP contribution in [0.3, 0.4) is 0 Å². The molecule has 0 spiro atoms. The molecule has 1 aromatic carbocycles. The molecule has 0 saturated heterocycles. The molecule has 4 N–H and O–H groups in total. The monoisotopic (exact) mass is 258 g/mol. The summed E-state index contributed by atoms with van der Waals surface area (Å²) in [7, 11) is 0. The van der Waals surface area contributed by atoms with Gasteiger partial charge in [-0.2, -0.15) is 13.5 Å². The van der Waals surface area contributed by atoms with Crippen LogP contribution in [0.2, 0.25) is 0 Å². The van der Waals surface area contributed by atoms with Crippen LogP contribution in [0.15, 0.2) is 24.3 Å². The average Bonchev–Trinajstić information content (AvgIpc) is 2.04. The molecule has 0 saturated carbocycles. The Balaban J connectivity index is -0.000000180. The summed E-state index contributed by atoms with van der Waals surface area (Å²) in [6.07, 6.45) is 0. The van der Waals surface area contributed by atoms with Gasteiger partial charge < -0.3 is 17.1 Å². The van der Waals surface area contributed by atoms with Gasteiger partial charge in [-0.15, -0.1) is 0 Å². The van der Waals surface area contributed by atoms with Gasteiger partial charge in [-0.1, -0.05) is 6.07 Å². The fourth-order valence-corrected chi connectivity index (χ4v) is 0.785. The minimum absolute atomic E-state index is 0. The van der Waals surface area contributed by atoms with Crippen LogP contribution in [-0.4, -0.2) is 27.6 Å². The van der Waals surface area contributed by atoms with E-state index in [0.29, 0.717) is 0 Å². The molecule has 0 amide bonds. The molecule has 1 aromatic rings. The summed E-state index contributed by atoms with van der Waals surface area (Å²) < 4.78 is 0. The second kappa shape index (κ2) is 9.34. The molecule has 0 aliphatic carbocycles. The summed E-state index contributed by atoms with van der Waals surface area (Å²) in [5.74, 6) is -2.25. The molecule has 0 aliphatic heterocycles. The Morgan fingerprint density at radius 1 is 1.07 bits per heavy atom. The summed E-state index contributed by atoms with van der Waals surface area (Å²) in [6, 6.07) is 5.20. The van der Waals surface area contributed by atoms with E-state index in [1.54, 1.807) is 0 Å². The Morgan fingerprint density at radius 3 is 1.67 bits per heavy atom. The van der Waals surface area contributed by atoms with Crippen molar-refractivity contribution in [1.82, 2.24) is 0 Å². The SMILES string of the molecule is O.O=C(O)c1cccc(C(=O)O)c1.S.[H-].[K+]. The molecule has 7 heteroatoms. The summed E-state index contributed by atoms with van der Waals surface area (Å²) in [5.41, 5.74) is -0.0372. The van der Waals surface area contributed by atoms with E-state index in [1.165, 1.54) is 18.2 Å². The molecule has 0 aromatic heterocycles. The number of aromatic carboxylic acids is 2. The first-order chi connectivity index (χ1) is 5.61. The van der Waals surface area contributed by atoms with E-state index < -0.39 is 11.9 Å². The molecule has 0 atom stereocenters. The predicted molar refractivity (Wildman–Crippen MR) is 55.5 cm³/mol. The van der Waals surface area contributed by atoms with E-state index in [2.05, 4.69) is 0 Å². The van der Waals surface area contributed by atoms with Crippen LogP contribution in [0, 0.1) is 0 Å². The fraction of sp³-hybridized carbons (Fsp3) is 0. The third-order valence-corrected chi connectivity index (χ3v) is 1.36. The van der Waals surface area contributed by atoms with Crippen molar-refractivity contribution in [2.45, 2.75) is 0 Å².